The first-order chi connectivity index (χ1) is 9.77. The molecular weight excluding hydrogens is 274 g/mol. The average molecular weight is 288 g/mol. The number of hydrogen-bond acceptors (Lipinski definition) is 3. The SMILES string of the molecule is O=C(c1ccncc1Cl)N1CCNCc2ccccc21. The van der Waals surface area contributed by atoms with Gasteiger partial charge in [0.2, 0.25) is 0 Å². The zero-order chi connectivity index (χ0) is 13.9. The van der Waals surface area contributed by atoms with Crippen LogP contribution in [-0.2, 0) is 6.54 Å². The van der Waals surface area contributed by atoms with Gasteiger partial charge in [-0.25, -0.2) is 0 Å². The highest BCUT2D eigenvalue weighted by molar-refractivity contribution is 6.34. The number of hydrogen-bond donors (Lipinski definition) is 1. The van der Waals surface area contributed by atoms with E-state index in [-0.39, 0.29) is 5.91 Å². The quantitative estimate of drug-likeness (QED) is 0.876. The summed E-state index contributed by atoms with van der Waals surface area (Å²) in [5.41, 5.74) is 2.54. The van der Waals surface area contributed by atoms with Crippen molar-refractivity contribution in [3.63, 3.8) is 0 Å². The third-order valence-corrected chi connectivity index (χ3v) is 3.66. The van der Waals surface area contributed by atoms with Gasteiger partial charge in [0.1, 0.15) is 0 Å². The minimum Gasteiger partial charge on any atom is -0.311 e. The average Bonchev–Trinajstić information content (AvgIpc) is 2.69. The number of nitrogens with zero attached hydrogens (tertiary/aromatic N) is 2. The van der Waals surface area contributed by atoms with Gasteiger partial charge in [-0.2, -0.15) is 0 Å². The summed E-state index contributed by atoms with van der Waals surface area (Å²) in [5.74, 6) is -0.0893. The van der Waals surface area contributed by atoms with Crippen LogP contribution in [0.3, 0.4) is 0 Å². The predicted octanol–water partition coefficient (Wildman–Crippen LogP) is 2.49. The van der Waals surface area contributed by atoms with E-state index >= 15 is 0 Å². The molecule has 5 heteroatoms. The third kappa shape index (κ3) is 2.40. The molecule has 0 aliphatic carbocycles. The fraction of sp³-hybridized carbons (Fsp3) is 0.200. The number of anilines is 1. The van der Waals surface area contributed by atoms with Crippen molar-refractivity contribution in [2.24, 2.45) is 0 Å². The summed E-state index contributed by atoms with van der Waals surface area (Å²) in [6.45, 7) is 2.14. The van der Waals surface area contributed by atoms with Crippen LogP contribution in [0.5, 0.6) is 0 Å². The summed E-state index contributed by atoms with van der Waals surface area (Å²) in [7, 11) is 0. The van der Waals surface area contributed by atoms with E-state index in [1.165, 1.54) is 6.20 Å². The number of pyridine rings is 1. The maximum absolute atomic E-state index is 12.7. The number of amides is 1. The molecule has 1 aromatic carbocycles. The fourth-order valence-electron chi connectivity index (χ4n) is 2.36. The fourth-order valence-corrected chi connectivity index (χ4v) is 2.56. The maximum atomic E-state index is 12.7. The van der Waals surface area contributed by atoms with Crippen LogP contribution in [0.2, 0.25) is 5.02 Å². The molecule has 4 nitrogen and oxygen atoms in total. The van der Waals surface area contributed by atoms with Gasteiger partial charge in [-0.3, -0.25) is 9.78 Å². The Kier molecular flexibility index (Phi) is 3.67. The molecule has 1 amide bonds. The van der Waals surface area contributed by atoms with Gasteiger partial charge in [-0.1, -0.05) is 29.8 Å². The van der Waals surface area contributed by atoms with Crippen LogP contribution < -0.4 is 10.2 Å². The van der Waals surface area contributed by atoms with Gasteiger partial charge in [-0.15, -0.1) is 0 Å². The maximum Gasteiger partial charge on any atom is 0.259 e. The van der Waals surface area contributed by atoms with Gasteiger partial charge < -0.3 is 10.2 Å². The van der Waals surface area contributed by atoms with Crippen molar-refractivity contribution in [3.05, 3.63) is 58.9 Å². The summed E-state index contributed by atoms with van der Waals surface area (Å²) in [6.07, 6.45) is 3.08. The highest BCUT2D eigenvalue weighted by Gasteiger charge is 2.23. The number of carbonyl (C=O) groups excluding carboxylic acids is 1. The van der Waals surface area contributed by atoms with Crippen LogP contribution in [0, 0.1) is 0 Å². The lowest BCUT2D eigenvalue weighted by Crippen LogP contribution is -2.34. The molecule has 1 aliphatic heterocycles. The van der Waals surface area contributed by atoms with Crippen LogP contribution in [-0.4, -0.2) is 24.0 Å². The van der Waals surface area contributed by atoms with Crippen LogP contribution >= 0.6 is 11.6 Å². The number of rotatable bonds is 1. The molecule has 0 saturated carbocycles. The van der Waals surface area contributed by atoms with Crippen LogP contribution in [0.4, 0.5) is 5.69 Å². The molecule has 0 unspecified atom stereocenters. The first-order valence-corrected chi connectivity index (χ1v) is 6.85. The van der Waals surface area contributed by atoms with Gasteiger partial charge in [0.05, 0.1) is 10.6 Å². The normalized spacial score (nSPS) is 14.6. The van der Waals surface area contributed by atoms with Crippen molar-refractivity contribution in [1.82, 2.24) is 10.3 Å². The lowest BCUT2D eigenvalue weighted by molar-refractivity contribution is 0.0987. The summed E-state index contributed by atoms with van der Waals surface area (Å²) in [6, 6.07) is 9.58. The van der Waals surface area contributed by atoms with E-state index in [1.54, 1.807) is 17.2 Å². The summed E-state index contributed by atoms with van der Waals surface area (Å²) < 4.78 is 0. The molecule has 2 aromatic rings. The topological polar surface area (TPSA) is 45.2 Å². The molecule has 0 radical (unpaired) electrons. The Hall–Kier alpha value is -1.91. The van der Waals surface area contributed by atoms with Gasteiger partial charge >= 0.3 is 0 Å². The van der Waals surface area contributed by atoms with E-state index < -0.39 is 0 Å². The molecule has 1 aliphatic rings. The number of carbonyl (C=O) groups is 1. The Morgan fingerprint density at radius 1 is 1.30 bits per heavy atom. The van der Waals surface area contributed by atoms with Gasteiger partial charge in [-0.05, 0) is 17.7 Å². The number of aromatic nitrogens is 1. The van der Waals surface area contributed by atoms with Crippen LogP contribution in [0.25, 0.3) is 0 Å². The van der Waals surface area contributed by atoms with Crippen molar-refractivity contribution in [1.29, 1.82) is 0 Å². The van der Waals surface area contributed by atoms with Gasteiger partial charge in [0.15, 0.2) is 0 Å². The minimum atomic E-state index is -0.0893. The predicted molar refractivity (Wildman–Crippen MR) is 79.1 cm³/mol. The molecule has 0 fully saturated rings. The van der Waals surface area contributed by atoms with Gasteiger partial charge in [0, 0.05) is 37.7 Å². The summed E-state index contributed by atoms with van der Waals surface area (Å²) in [5, 5.41) is 3.70. The smallest absolute Gasteiger partial charge is 0.259 e. The second-order valence-electron chi connectivity index (χ2n) is 4.62. The van der Waals surface area contributed by atoms with E-state index in [1.807, 2.05) is 24.3 Å². The van der Waals surface area contributed by atoms with Crippen molar-refractivity contribution in [2.45, 2.75) is 6.54 Å². The van der Waals surface area contributed by atoms with Crippen molar-refractivity contribution >= 4 is 23.2 Å². The number of nitrogens with one attached hydrogen (secondary N) is 1. The molecule has 3 rings (SSSR count). The second kappa shape index (κ2) is 5.61. The lowest BCUT2D eigenvalue weighted by Gasteiger charge is -2.22. The Morgan fingerprint density at radius 3 is 3.00 bits per heavy atom. The highest BCUT2D eigenvalue weighted by atomic mass is 35.5. The van der Waals surface area contributed by atoms with E-state index in [2.05, 4.69) is 10.3 Å². The highest BCUT2D eigenvalue weighted by Crippen LogP contribution is 2.25. The van der Waals surface area contributed by atoms with E-state index in [0.717, 1.165) is 24.3 Å². The number of halogens is 1. The third-order valence-electron chi connectivity index (χ3n) is 3.36. The summed E-state index contributed by atoms with van der Waals surface area (Å²) >= 11 is 6.08. The minimum absolute atomic E-state index is 0.0893. The van der Waals surface area contributed by atoms with Gasteiger partial charge in [0.25, 0.3) is 5.91 Å². The lowest BCUT2D eigenvalue weighted by atomic mass is 10.1. The zero-order valence-corrected chi connectivity index (χ0v) is 11.6. The number of benzene rings is 1. The first-order valence-electron chi connectivity index (χ1n) is 6.47. The van der Waals surface area contributed by atoms with E-state index in [9.17, 15) is 4.79 Å². The Morgan fingerprint density at radius 2 is 2.15 bits per heavy atom. The molecule has 0 saturated heterocycles. The Balaban J connectivity index is 2.02. The van der Waals surface area contributed by atoms with E-state index in [4.69, 9.17) is 11.6 Å². The van der Waals surface area contributed by atoms with Crippen LogP contribution in [0.15, 0.2) is 42.7 Å². The molecule has 0 spiro atoms. The second-order valence-corrected chi connectivity index (χ2v) is 5.03. The molecule has 2 heterocycles. The van der Waals surface area contributed by atoms with Crippen molar-refractivity contribution in [2.75, 3.05) is 18.0 Å². The molecule has 1 N–H and O–H groups in total. The molecule has 20 heavy (non-hydrogen) atoms. The van der Waals surface area contributed by atoms with E-state index in [0.29, 0.717) is 17.1 Å². The number of para-hydroxylation sites is 1. The Labute approximate surface area is 122 Å². The Bertz CT molecular complexity index is 645. The van der Waals surface area contributed by atoms with Crippen molar-refractivity contribution < 1.29 is 4.79 Å². The zero-order valence-electron chi connectivity index (χ0n) is 10.8. The van der Waals surface area contributed by atoms with Crippen molar-refractivity contribution in [3.8, 4) is 0 Å². The molecule has 0 atom stereocenters. The standard InChI is InChI=1S/C15H14ClN3O/c16-13-10-17-6-5-12(13)15(20)19-8-7-18-9-11-3-1-2-4-14(11)19/h1-6,10,18H,7-9H2. The summed E-state index contributed by atoms with van der Waals surface area (Å²) in [4.78, 5) is 18.4. The monoisotopic (exact) mass is 287 g/mol. The molecule has 1 aromatic heterocycles. The molecular formula is C15H14ClN3O. The van der Waals surface area contributed by atoms with Crippen LogP contribution in [0.1, 0.15) is 15.9 Å². The largest absolute Gasteiger partial charge is 0.311 e. The number of fused-ring (bicyclic) bond motifs is 1. The molecule has 0 bridgehead atoms. The first kappa shape index (κ1) is 13.1. The molecule has 102 valence electrons.